The van der Waals surface area contributed by atoms with Crippen molar-refractivity contribution in [2.24, 2.45) is 5.10 Å². The molecule has 3 rings (SSSR count). The van der Waals surface area contributed by atoms with Crippen molar-refractivity contribution in [2.75, 3.05) is 6.61 Å². The molecular formula is C18H18N4O2S. The van der Waals surface area contributed by atoms with Gasteiger partial charge < -0.3 is 4.74 Å². The van der Waals surface area contributed by atoms with E-state index >= 15 is 0 Å². The molecule has 0 bridgehead atoms. The molecule has 6 nitrogen and oxygen atoms in total. The van der Waals surface area contributed by atoms with Crippen LogP contribution in [0.15, 0.2) is 52.9 Å². The fourth-order valence-corrected chi connectivity index (χ4v) is 2.91. The number of nitrogens with one attached hydrogen (secondary N) is 2. The van der Waals surface area contributed by atoms with Crippen molar-refractivity contribution >= 4 is 23.0 Å². The summed E-state index contributed by atoms with van der Waals surface area (Å²) in [6, 6.07) is 13.2. The number of H-pyrrole nitrogens is 1. The molecule has 25 heavy (non-hydrogen) atoms. The molecule has 0 atom stereocenters. The minimum Gasteiger partial charge on any atom is -0.494 e. The molecule has 0 radical (unpaired) electrons. The first-order chi connectivity index (χ1) is 12.2. The Bertz CT molecular complexity index is 884. The van der Waals surface area contributed by atoms with E-state index in [1.165, 1.54) is 0 Å². The van der Waals surface area contributed by atoms with Gasteiger partial charge in [0, 0.05) is 10.4 Å². The molecule has 7 heteroatoms. The highest BCUT2D eigenvalue weighted by Crippen LogP contribution is 2.22. The number of aromatic nitrogens is 2. The number of ether oxygens (including phenoxy) is 1. The Labute approximate surface area is 149 Å². The van der Waals surface area contributed by atoms with Crippen LogP contribution in [0.25, 0.3) is 11.3 Å². The van der Waals surface area contributed by atoms with Crippen LogP contribution in [0.3, 0.4) is 0 Å². The van der Waals surface area contributed by atoms with Crippen LogP contribution in [0.2, 0.25) is 0 Å². The first-order valence-corrected chi connectivity index (χ1v) is 8.72. The summed E-state index contributed by atoms with van der Waals surface area (Å²) in [7, 11) is 0. The van der Waals surface area contributed by atoms with Crippen LogP contribution < -0.4 is 10.2 Å². The predicted molar refractivity (Wildman–Crippen MR) is 99.2 cm³/mol. The molecule has 2 heterocycles. The number of rotatable bonds is 6. The minimum absolute atomic E-state index is 0.337. The van der Waals surface area contributed by atoms with Crippen molar-refractivity contribution < 1.29 is 9.53 Å². The molecule has 3 aromatic rings. The second-order valence-corrected chi connectivity index (χ2v) is 6.19. The van der Waals surface area contributed by atoms with Crippen LogP contribution in [0.4, 0.5) is 0 Å². The lowest BCUT2D eigenvalue weighted by Gasteiger charge is -2.03. The van der Waals surface area contributed by atoms with Crippen molar-refractivity contribution in [3.8, 4) is 17.0 Å². The van der Waals surface area contributed by atoms with E-state index in [1.54, 1.807) is 17.4 Å². The zero-order chi connectivity index (χ0) is 17.6. The SMILES string of the molecule is CCOc1cccc(-c2cc(C(=O)N/N=C(\C)c3cccs3)[nH]n2)c1. The van der Waals surface area contributed by atoms with E-state index in [4.69, 9.17) is 4.74 Å². The largest absolute Gasteiger partial charge is 0.494 e. The van der Waals surface area contributed by atoms with Crippen molar-refractivity contribution in [3.63, 3.8) is 0 Å². The molecular weight excluding hydrogens is 336 g/mol. The molecule has 0 saturated heterocycles. The second kappa shape index (κ2) is 7.76. The van der Waals surface area contributed by atoms with E-state index in [0.717, 1.165) is 21.9 Å². The van der Waals surface area contributed by atoms with Crippen LogP contribution in [-0.4, -0.2) is 28.4 Å². The van der Waals surface area contributed by atoms with Gasteiger partial charge >= 0.3 is 0 Å². The van der Waals surface area contributed by atoms with E-state index in [2.05, 4.69) is 20.7 Å². The fraction of sp³-hybridized carbons (Fsp3) is 0.167. The van der Waals surface area contributed by atoms with Gasteiger partial charge in [0.15, 0.2) is 0 Å². The normalized spacial score (nSPS) is 11.4. The number of amides is 1. The number of carbonyl (C=O) groups is 1. The Morgan fingerprint density at radius 3 is 2.96 bits per heavy atom. The zero-order valence-corrected chi connectivity index (χ0v) is 14.8. The maximum atomic E-state index is 12.2. The number of thiophene rings is 1. The van der Waals surface area contributed by atoms with Gasteiger partial charge in [0.25, 0.3) is 5.91 Å². The quantitative estimate of drug-likeness (QED) is 0.523. The van der Waals surface area contributed by atoms with E-state index in [-0.39, 0.29) is 5.91 Å². The highest BCUT2D eigenvalue weighted by molar-refractivity contribution is 7.12. The maximum absolute atomic E-state index is 12.2. The molecule has 0 aliphatic carbocycles. The summed E-state index contributed by atoms with van der Waals surface area (Å²) < 4.78 is 5.49. The predicted octanol–water partition coefficient (Wildman–Crippen LogP) is 3.69. The minimum atomic E-state index is -0.337. The van der Waals surface area contributed by atoms with E-state index < -0.39 is 0 Å². The molecule has 2 N–H and O–H groups in total. The third kappa shape index (κ3) is 4.13. The smallest absolute Gasteiger partial charge is 0.289 e. The van der Waals surface area contributed by atoms with Gasteiger partial charge in [-0.05, 0) is 43.5 Å². The number of hydrazone groups is 1. The average molecular weight is 354 g/mol. The van der Waals surface area contributed by atoms with Gasteiger partial charge in [-0.2, -0.15) is 10.2 Å². The van der Waals surface area contributed by atoms with Crippen molar-refractivity contribution in [2.45, 2.75) is 13.8 Å². The van der Waals surface area contributed by atoms with Crippen LogP contribution in [0.5, 0.6) is 5.75 Å². The number of carbonyl (C=O) groups excluding carboxylic acids is 1. The first-order valence-electron chi connectivity index (χ1n) is 7.84. The topological polar surface area (TPSA) is 79.4 Å². The Balaban J connectivity index is 1.71. The molecule has 0 unspecified atom stereocenters. The summed E-state index contributed by atoms with van der Waals surface area (Å²) >= 11 is 1.57. The second-order valence-electron chi connectivity index (χ2n) is 5.24. The lowest BCUT2D eigenvalue weighted by Crippen LogP contribution is -2.19. The number of aromatic amines is 1. The Morgan fingerprint density at radius 1 is 1.32 bits per heavy atom. The van der Waals surface area contributed by atoms with Crippen LogP contribution in [0.1, 0.15) is 29.2 Å². The van der Waals surface area contributed by atoms with Gasteiger partial charge in [-0.3, -0.25) is 9.89 Å². The zero-order valence-electron chi connectivity index (χ0n) is 13.9. The van der Waals surface area contributed by atoms with Gasteiger partial charge in [0.2, 0.25) is 0 Å². The van der Waals surface area contributed by atoms with Gasteiger partial charge in [-0.25, -0.2) is 5.43 Å². The highest BCUT2D eigenvalue weighted by atomic mass is 32.1. The number of nitrogens with zero attached hydrogens (tertiary/aromatic N) is 2. The molecule has 0 aliphatic heterocycles. The molecule has 1 amide bonds. The van der Waals surface area contributed by atoms with Crippen LogP contribution >= 0.6 is 11.3 Å². The van der Waals surface area contributed by atoms with E-state index in [9.17, 15) is 4.79 Å². The Morgan fingerprint density at radius 2 is 2.20 bits per heavy atom. The van der Waals surface area contributed by atoms with Crippen LogP contribution in [-0.2, 0) is 0 Å². The summed E-state index contributed by atoms with van der Waals surface area (Å²) in [5.41, 5.74) is 5.19. The molecule has 2 aromatic heterocycles. The van der Waals surface area contributed by atoms with Crippen molar-refractivity contribution in [3.05, 3.63) is 58.4 Å². The first kappa shape index (κ1) is 16.9. The molecule has 1 aromatic carbocycles. The van der Waals surface area contributed by atoms with E-state index in [0.29, 0.717) is 18.0 Å². The average Bonchev–Trinajstić information content (AvgIpc) is 3.31. The molecule has 128 valence electrons. The van der Waals surface area contributed by atoms with Gasteiger partial charge in [-0.1, -0.05) is 18.2 Å². The maximum Gasteiger partial charge on any atom is 0.289 e. The third-order valence-electron chi connectivity index (χ3n) is 3.47. The fourth-order valence-electron chi connectivity index (χ4n) is 2.23. The Kier molecular flexibility index (Phi) is 5.25. The lowest BCUT2D eigenvalue weighted by molar-refractivity contribution is 0.0950. The van der Waals surface area contributed by atoms with Gasteiger partial charge in [-0.15, -0.1) is 11.3 Å². The molecule has 0 spiro atoms. The molecule has 0 saturated carbocycles. The Hall–Kier alpha value is -2.93. The monoisotopic (exact) mass is 354 g/mol. The van der Waals surface area contributed by atoms with Crippen molar-refractivity contribution in [1.82, 2.24) is 15.6 Å². The number of benzene rings is 1. The summed E-state index contributed by atoms with van der Waals surface area (Å²) in [5, 5.41) is 13.0. The van der Waals surface area contributed by atoms with Gasteiger partial charge in [0.1, 0.15) is 11.4 Å². The molecule has 0 fully saturated rings. The third-order valence-corrected chi connectivity index (χ3v) is 4.44. The highest BCUT2D eigenvalue weighted by Gasteiger charge is 2.11. The van der Waals surface area contributed by atoms with Crippen molar-refractivity contribution in [1.29, 1.82) is 0 Å². The molecule has 0 aliphatic rings. The summed E-state index contributed by atoms with van der Waals surface area (Å²) in [5.74, 6) is 0.431. The van der Waals surface area contributed by atoms with Crippen LogP contribution in [0, 0.1) is 0 Å². The number of hydrogen-bond acceptors (Lipinski definition) is 5. The standard InChI is InChI=1S/C18H18N4O2S/c1-3-24-14-7-4-6-13(10-14)15-11-16(21-20-15)18(23)22-19-12(2)17-8-5-9-25-17/h4-11H,3H2,1-2H3,(H,20,21)(H,22,23)/b19-12+. The van der Waals surface area contributed by atoms with Gasteiger partial charge in [0.05, 0.1) is 18.0 Å². The summed E-state index contributed by atoms with van der Waals surface area (Å²) in [6.45, 7) is 4.38. The summed E-state index contributed by atoms with van der Waals surface area (Å²) in [4.78, 5) is 13.2. The van der Waals surface area contributed by atoms with E-state index in [1.807, 2.05) is 55.6 Å². The summed E-state index contributed by atoms with van der Waals surface area (Å²) in [6.07, 6.45) is 0. The number of hydrogen-bond donors (Lipinski definition) is 2. The lowest BCUT2D eigenvalue weighted by atomic mass is 10.1.